The van der Waals surface area contributed by atoms with Crippen molar-refractivity contribution < 1.29 is 14.4 Å². The van der Waals surface area contributed by atoms with Gasteiger partial charge in [0.2, 0.25) is 0 Å². The van der Waals surface area contributed by atoms with Gasteiger partial charge in [-0.2, -0.15) is 0 Å². The number of aromatic nitrogens is 2. The van der Waals surface area contributed by atoms with Crippen molar-refractivity contribution in [3.63, 3.8) is 0 Å². The number of nitrogens with one attached hydrogen (secondary N) is 1. The van der Waals surface area contributed by atoms with E-state index in [9.17, 15) is 4.79 Å². The van der Waals surface area contributed by atoms with Crippen LogP contribution >= 0.6 is 11.6 Å². The van der Waals surface area contributed by atoms with E-state index in [1.807, 2.05) is 29.3 Å². The summed E-state index contributed by atoms with van der Waals surface area (Å²) in [5.41, 5.74) is 0. The first-order valence-electron chi connectivity index (χ1n) is 11.4. The minimum Gasteiger partial charge on any atom is -0.494 e. The van der Waals surface area contributed by atoms with Gasteiger partial charge in [0.25, 0.3) is 0 Å². The Labute approximate surface area is 193 Å². The van der Waals surface area contributed by atoms with Crippen LogP contribution in [-0.4, -0.2) is 58.7 Å². The van der Waals surface area contributed by atoms with Crippen LogP contribution in [0.25, 0.3) is 0 Å². The SMILES string of the molecule is O=C(Nc1nccnc1Cl)N1CCN(Oc2ccc(OCCC3CCCCC3)cc2)CC1. The van der Waals surface area contributed by atoms with Crippen LogP contribution in [0.15, 0.2) is 36.7 Å². The third-order valence-electron chi connectivity index (χ3n) is 5.98. The second-order valence-electron chi connectivity index (χ2n) is 8.25. The van der Waals surface area contributed by atoms with Gasteiger partial charge in [-0.1, -0.05) is 43.7 Å². The number of rotatable bonds is 7. The Morgan fingerprint density at radius 3 is 2.41 bits per heavy atom. The summed E-state index contributed by atoms with van der Waals surface area (Å²) in [6, 6.07) is 7.49. The van der Waals surface area contributed by atoms with E-state index in [0.717, 1.165) is 30.4 Å². The molecule has 2 amide bonds. The number of hydrogen-bond donors (Lipinski definition) is 1. The van der Waals surface area contributed by atoms with E-state index in [1.165, 1.54) is 44.5 Å². The van der Waals surface area contributed by atoms with Crippen LogP contribution in [0, 0.1) is 5.92 Å². The molecule has 1 saturated carbocycles. The average molecular weight is 460 g/mol. The number of hydrogen-bond acceptors (Lipinski definition) is 6. The fraction of sp³-hybridized carbons (Fsp3) is 0.522. The van der Waals surface area contributed by atoms with Crippen molar-refractivity contribution in [3.05, 3.63) is 41.8 Å². The zero-order valence-corrected chi connectivity index (χ0v) is 19.0. The van der Waals surface area contributed by atoms with Crippen molar-refractivity contribution in [3.8, 4) is 11.5 Å². The lowest BCUT2D eigenvalue weighted by molar-refractivity contribution is -0.0813. The molecule has 2 aliphatic rings. The first-order chi connectivity index (χ1) is 15.7. The van der Waals surface area contributed by atoms with Gasteiger partial charge in [0.15, 0.2) is 11.0 Å². The third kappa shape index (κ3) is 6.46. The highest BCUT2D eigenvalue weighted by molar-refractivity contribution is 6.32. The standard InChI is InChI=1S/C23H30ClN5O3/c24-21-22(26-12-11-25-21)27-23(30)28-13-15-29(16-14-28)32-20-8-6-19(7-9-20)31-17-10-18-4-2-1-3-5-18/h6-9,11-12,18H,1-5,10,13-17H2,(H,26,27,30). The fourth-order valence-corrected chi connectivity index (χ4v) is 4.29. The molecule has 1 aromatic carbocycles. The second-order valence-corrected chi connectivity index (χ2v) is 8.60. The zero-order chi connectivity index (χ0) is 22.2. The van der Waals surface area contributed by atoms with Crippen LogP contribution < -0.4 is 14.9 Å². The quantitative estimate of drug-likeness (QED) is 0.650. The van der Waals surface area contributed by atoms with E-state index in [-0.39, 0.29) is 17.0 Å². The predicted octanol–water partition coefficient (Wildman–Crippen LogP) is 4.62. The average Bonchev–Trinajstić information content (AvgIpc) is 2.83. The first kappa shape index (κ1) is 22.6. The summed E-state index contributed by atoms with van der Waals surface area (Å²) >= 11 is 5.95. The van der Waals surface area contributed by atoms with Crippen LogP contribution in [0.2, 0.25) is 5.15 Å². The van der Waals surface area contributed by atoms with Gasteiger partial charge in [0.1, 0.15) is 11.5 Å². The van der Waals surface area contributed by atoms with Crippen molar-refractivity contribution in [2.75, 3.05) is 38.1 Å². The lowest BCUT2D eigenvalue weighted by Gasteiger charge is -2.33. The van der Waals surface area contributed by atoms with Gasteiger partial charge in [-0.3, -0.25) is 5.32 Å². The van der Waals surface area contributed by atoms with Gasteiger partial charge in [0.05, 0.1) is 19.7 Å². The molecule has 8 nitrogen and oxygen atoms in total. The third-order valence-corrected chi connectivity index (χ3v) is 6.26. The normalized spacial score (nSPS) is 17.7. The molecular formula is C23H30ClN5O3. The molecule has 1 saturated heterocycles. The van der Waals surface area contributed by atoms with E-state index in [4.69, 9.17) is 21.2 Å². The number of hydroxylamine groups is 2. The van der Waals surface area contributed by atoms with E-state index in [1.54, 1.807) is 4.90 Å². The molecule has 1 aromatic heterocycles. The van der Waals surface area contributed by atoms with Gasteiger partial charge >= 0.3 is 6.03 Å². The van der Waals surface area contributed by atoms with Gasteiger partial charge in [-0.05, 0) is 36.6 Å². The molecule has 1 aliphatic heterocycles. The lowest BCUT2D eigenvalue weighted by Crippen LogP contribution is -2.51. The van der Waals surface area contributed by atoms with Gasteiger partial charge in [-0.25, -0.2) is 14.8 Å². The van der Waals surface area contributed by atoms with Crippen molar-refractivity contribution in [1.29, 1.82) is 0 Å². The number of urea groups is 1. The Morgan fingerprint density at radius 2 is 1.69 bits per heavy atom. The lowest BCUT2D eigenvalue weighted by atomic mass is 9.87. The number of carbonyl (C=O) groups excluding carboxylic acids is 1. The molecule has 4 rings (SSSR count). The Kier molecular flexibility index (Phi) is 8.01. The Hall–Kier alpha value is -2.58. The Bertz CT molecular complexity index is 868. The van der Waals surface area contributed by atoms with Crippen molar-refractivity contribution in [2.24, 2.45) is 5.92 Å². The number of ether oxygens (including phenoxy) is 1. The van der Waals surface area contributed by atoms with E-state index in [2.05, 4.69) is 15.3 Å². The molecule has 0 unspecified atom stereocenters. The minimum atomic E-state index is -0.248. The summed E-state index contributed by atoms with van der Waals surface area (Å²) in [4.78, 5) is 28.0. The van der Waals surface area contributed by atoms with Crippen LogP contribution in [0.5, 0.6) is 11.5 Å². The summed E-state index contributed by atoms with van der Waals surface area (Å²) < 4.78 is 5.91. The van der Waals surface area contributed by atoms with Crippen LogP contribution in [0.3, 0.4) is 0 Å². The first-order valence-corrected chi connectivity index (χ1v) is 11.7. The molecule has 1 aliphatic carbocycles. The maximum atomic E-state index is 12.4. The molecule has 0 bridgehead atoms. The summed E-state index contributed by atoms with van der Waals surface area (Å²) in [5.74, 6) is 2.72. The molecule has 2 aromatic rings. The zero-order valence-electron chi connectivity index (χ0n) is 18.2. The molecule has 0 atom stereocenters. The molecule has 0 spiro atoms. The molecule has 1 N–H and O–H groups in total. The van der Waals surface area contributed by atoms with Crippen molar-refractivity contribution in [1.82, 2.24) is 19.9 Å². The van der Waals surface area contributed by atoms with Gasteiger partial charge < -0.3 is 14.5 Å². The van der Waals surface area contributed by atoms with Gasteiger partial charge in [-0.15, -0.1) is 5.06 Å². The monoisotopic (exact) mass is 459 g/mol. The maximum absolute atomic E-state index is 12.4. The molecule has 2 fully saturated rings. The number of nitrogens with zero attached hydrogens (tertiary/aromatic N) is 4. The number of carbonyl (C=O) groups is 1. The predicted molar refractivity (Wildman–Crippen MR) is 123 cm³/mol. The molecule has 9 heteroatoms. The van der Waals surface area contributed by atoms with Gasteiger partial charge in [0, 0.05) is 25.5 Å². The minimum absolute atomic E-state index is 0.171. The summed E-state index contributed by atoms with van der Waals surface area (Å²) in [6.07, 6.45) is 10.9. The molecule has 172 valence electrons. The Morgan fingerprint density at radius 1 is 1.00 bits per heavy atom. The topological polar surface area (TPSA) is 79.8 Å². The smallest absolute Gasteiger partial charge is 0.323 e. The fourth-order valence-electron chi connectivity index (χ4n) is 4.13. The van der Waals surface area contributed by atoms with Crippen LogP contribution in [0.4, 0.5) is 10.6 Å². The summed E-state index contributed by atoms with van der Waals surface area (Å²) in [7, 11) is 0. The van der Waals surface area contributed by atoms with Crippen molar-refractivity contribution in [2.45, 2.75) is 38.5 Å². The number of benzene rings is 1. The molecule has 2 heterocycles. The van der Waals surface area contributed by atoms with Crippen LogP contribution in [-0.2, 0) is 0 Å². The van der Waals surface area contributed by atoms with Crippen LogP contribution in [0.1, 0.15) is 38.5 Å². The second kappa shape index (κ2) is 11.3. The summed E-state index contributed by atoms with van der Waals surface area (Å²) in [5, 5.41) is 4.73. The summed E-state index contributed by atoms with van der Waals surface area (Å²) in [6.45, 7) is 3.04. The molecule has 32 heavy (non-hydrogen) atoms. The van der Waals surface area contributed by atoms with Crippen molar-refractivity contribution >= 4 is 23.4 Å². The van der Waals surface area contributed by atoms with E-state index >= 15 is 0 Å². The maximum Gasteiger partial charge on any atom is 0.323 e. The number of piperazine rings is 1. The number of amides is 2. The molecular weight excluding hydrogens is 430 g/mol. The van der Waals surface area contributed by atoms with E-state index < -0.39 is 0 Å². The number of anilines is 1. The number of halogens is 1. The largest absolute Gasteiger partial charge is 0.494 e. The highest BCUT2D eigenvalue weighted by atomic mass is 35.5. The van der Waals surface area contributed by atoms with E-state index in [0.29, 0.717) is 26.2 Å². The highest BCUT2D eigenvalue weighted by Gasteiger charge is 2.23. The highest BCUT2D eigenvalue weighted by Crippen LogP contribution is 2.27. The molecule has 0 radical (unpaired) electrons. The Balaban J connectivity index is 1.17.